The van der Waals surface area contributed by atoms with Crippen LogP contribution in [0.2, 0.25) is 0 Å². The van der Waals surface area contributed by atoms with E-state index in [1.54, 1.807) is 6.26 Å². The van der Waals surface area contributed by atoms with Gasteiger partial charge in [0.25, 0.3) is 0 Å². The molecule has 0 radical (unpaired) electrons. The summed E-state index contributed by atoms with van der Waals surface area (Å²) in [5.41, 5.74) is 5.69. The fraction of sp³-hybridized carbons (Fsp3) is 0.583. The van der Waals surface area contributed by atoms with Gasteiger partial charge in [-0.1, -0.05) is 0 Å². The van der Waals surface area contributed by atoms with Crippen molar-refractivity contribution < 1.29 is 9.21 Å². The summed E-state index contributed by atoms with van der Waals surface area (Å²) in [5.74, 6) is 0.884. The number of carbonyl (C=O) groups is 1. The van der Waals surface area contributed by atoms with Crippen LogP contribution < -0.4 is 11.1 Å². The van der Waals surface area contributed by atoms with Crippen LogP contribution in [-0.2, 0) is 11.3 Å². The highest BCUT2D eigenvalue weighted by molar-refractivity contribution is 5.82. The average Bonchev–Trinajstić information content (AvgIpc) is 2.74. The van der Waals surface area contributed by atoms with E-state index in [1.165, 1.54) is 0 Å². The molecule has 0 spiro atoms. The van der Waals surface area contributed by atoms with Crippen LogP contribution in [0.1, 0.15) is 19.1 Å². The highest BCUT2D eigenvalue weighted by Gasteiger charge is 2.29. The van der Waals surface area contributed by atoms with Crippen molar-refractivity contribution in [3.63, 3.8) is 0 Å². The average molecular weight is 237 g/mol. The van der Waals surface area contributed by atoms with Crippen LogP contribution >= 0.6 is 0 Å². The van der Waals surface area contributed by atoms with Gasteiger partial charge in [0.1, 0.15) is 11.8 Å². The first-order valence-corrected chi connectivity index (χ1v) is 5.97. The largest absolute Gasteiger partial charge is 0.468 e. The van der Waals surface area contributed by atoms with E-state index < -0.39 is 0 Å². The zero-order chi connectivity index (χ0) is 12.3. The monoisotopic (exact) mass is 237 g/mol. The molecule has 0 aliphatic carbocycles. The first-order chi connectivity index (χ1) is 8.20. The molecule has 0 saturated carbocycles. The van der Waals surface area contributed by atoms with Crippen LogP contribution in [0.4, 0.5) is 0 Å². The van der Waals surface area contributed by atoms with E-state index in [-0.39, 0.29) is 18.0 Å². The van der Waals surface area contributed by atoms with Gasteiger partial charge in [-0.25, -0.2) is 0 Å². The Hall–Kier alpha value is -1.33. The SMILES string of the molecule is CC1CCN(Cc2ccco2)C(CN)C(=O)N1. The molecular weight excluding hydrogens is 218 g/mol. The van der Waals surface area contributed by atoms with Crippen LogP contribution in [0.3, 0.4) is 0 Å². The molecule has 1 aliphatic rings. The first-order valence-electron chi connectivity index (χ1n) is 5.97. The number of carbonyl (C=O) groups excluding carboxylic acids is 1. The van der Waals surface area contributed by atoms with Gasteiger partial charge in [0, 0.05) is 19.1 Å². The molecule has 2 heterocycles. The Morgan fingerprint density at radius 2 is 2.47 bits per heavy atom. The lowest BCUT2D eigenvalue weighted by Gasteiger charge is -2.25. The fourth-order valence-corrected chi connectivity index (χ4v) is 2.14. The molecule has 94 valence electrons. The van der Waals surface area contributed by atoms with Crippen molar-refractivity contribution >= 4 is 5.91 Å². The summed E-state index contributed by atoms with van der Waals surface area (Å²) in [5, 5.41) is 2.96. The predicted molar refractivity (Wildman–Crippen MR) is 64.2 cm³/mol. The lowest BCUT2D eigenvalue weighted by molar-refractivity contribution is -0.125. The number of hydrogen-bond donors (Lipinski definition) is 2. The maximum absolute atomic E-state index is 11.9. The number of nitrogens with zero attached hydrogens (tertiary/aromatic N) is 1. The van der Waals surface area contributed by atoms with Gasteiger partial charge in [0.2, 0.25) is 5.91 Å². The van der Waals surface area contributed by atoms with Gasteiger partial charge in [-0.2, -0.15) is 0 Å². The van der Waals surface area contributed by atoms with E-state index in [0.29, 0.717) is 13.1 Å². The van der Waals surface area contributed by atoms with Gasteiger partial charge < -0.3 is 15.5 Å². The molecule has 5 nitrogen and oxygen atoms in total. The lowest BCUT2D eigenvalue weighted by atomic mass is 10.2. The maximum Gasteiger partial charge on any atom is 0.238 e. The zero-order valence-electron chi connectivity index (χ0n) is 10.1. The van der Waals surface area contributed by atoms with E-state index in [9.17, 15) is 4.79 Å². The minimum Gasteiger partial charge on any atom is -0.468 e. The Kier molecular flexibility index (Phi) is 3.81. The third-order valence-corrected chi connectivity index (χ3v) is 3.14. The standard InChI is InChI=1S/C12H19N3O2/c1-9-4-5-15(8-10-3-2-6-17-10)11(7-13)12(16)14-9/h2-3,6,9,11H,4-5,7-8,13H2,1H3,(H,14,16). The molecule has 17 heavy (non-hydrogen) atoms. The third kappa shape index (κ3) is 2.87. The second kappa shape index (κ2) is 5.33. The summed E-state index contributed by atoms with van der Waals surface area (Å²) in [4.78, 5) is 14.0. The molecule has 1 fully saturated rings. The molecule has 1 aliphatic heterocycles. The van der Waals surface area contributed by atoms with Gasteiger partial charge in [0.05, 0.1) is 12.8 Å². The van der Waals surface area contributed by atoms with Gasteiger partial charge in [-0.05, 0) is 25.5 Å². The molecule has 3 N–H and O–H groups in total. The van der Waals surface area contributed by atoms with Crippen molar-refractivity contribution in [1.29, 1.82) is 0 Å². The zero-order valence-corrected chi connectivity index (χ0v) is 10.1. The van der Waals surface area contributed by atoms with Crippen LogP contribution in [0, 0.1) is 0 Å². The number of nitrogens with one attached hydrogen (secondary N) is 1. The molecule has 2 unspecified atom stereocenters. The van der Waals surface area contributed by atoms with Crippen LogP contribution in [0.15, 0.2) is 22.8 Å². The van der Waals surface area contributed by atoms with E-state index in [1.807, 2.05) is 19.1 Å². The van der Waals surface area contributed by atoms with Gasteiger partial charge >= 0.3 is 0 Å². The van der Waals surface area contributed by atoms with E-state index in [4.69, 9.17) is 10.2 Å². The number of hydrogen-bond acceptors (Lipinski definition) is 4. The number of amides is 1. The summed E-state index contributed by atoms with van der Waals surface area (Å²) in [6, 6.07) is 3.72. The summed E-state index contributed by atoms with van der Waals surface area (Å²) in [6.07, 6.45) is 2.58. The summed E-state index contributed by atoms with van der Waals surface area (Å²) < 4.78 is 5.32. The Morgan fingerprint density at radius 3 is 3.12 bits per heavy atom. The van der Waals surface area contributed by atoms with Crippen LogP contribution in [0.25, 0.3) is 0 Å². The van der Waals surface area contributed by atoms with Gasteiger partial charge in [-0.15, -0.1) is 0 Å². The normalized spacial score (nSPS) is 26.6. The lowest BCUT2D eigenvalue weighted by Crippen LogP contribution is -2.49. The number of furan rings is 1. The molecule has 1 saturated heterocycles. The maximum atomic E-state index is 11.9. The van der Waals surface area contributed by atoms with Crippen molar-refractivity contribution in [2.24, 2.45) is 5.73 Å². The molecule has 1 aromatic heterocycles. The smallest absolute Gasteiger partial charge is 0.238 e. The summed E-state index contributed by atoms with van der Waals surface area (Å²) in [6.45, 7) is 3.83. The summed E-state index contributed by atoms with van der Waals surface area (Å²) >= 11 is 0. The topological polar surface area (TPSA) is 71.5 Å². The van der Waals surface area contributed by atoms with E-state index in [2.05, 4.69) is 10.2 Å². The molecule has 0 aromatic carbocycles. The Morgan fingerprint density at radius 1 is 1.65 bits per heavy atom. The van der Waals surface area contributed by atoms with E-state index >= 15 is 0 Å². The highest BCUT2D eigenvalue weighted by atomic mass is 16.3. The van der Waals surface area contributed by atoms with Crippen molar-refractivity contribution in [2.45, 2.75) is 32.0 Å². The highest BCUT2D eigenvalue weighted by Crippen LogP contribution is 2.13. The molecule has 2 rings (SSSR count). The summed E-state index contributed by atoms with van der Waals surface area (Å²) in [7, 11) is 0. The Bertz CT molecular complexity index is 364. The van der Waals surface area contributed by atoms with Crippen molar-refractivity contribution in [3.8, 4) is 0 Å². The first kappa shape index (κ1) is 12.1. The minimum atomic E-state index is -0.259. The fourth-order valence-electron chi connectivity index (χ4n) is 2.14. The predicted octanol–water partition coefficient (Wildman–Crippen LogP) is 0.317. The molecule has 1 amide bonds. The van der Waals surface area contributed by atoms with Gasteiger partial charge in [0.15, 0.2) is 0 Å². The number of nitrogens with two attached hydrogens (primary N) is 1. The molecule has 2 atom stereocenters. The van der Waals surface area contributed by atoms with Crippen molar-refractivity contribution in [1.82, 2.24) is 10.2 Å². The van der Waals surface area contributed by atoms with Crippen LogP contribution in [-0.4, -0.2) is 36.0 Å². The second-order valence-electron chi connectivity index (χ2n) is 4.50. The van der Waals surface area contributed by atoms with E-state index in [0.717, 1.165) is 18.7 Å². The minimum absolute atomic E-state index is 0.0176. The molecular formula is C12H19N3O2. The van der Waals surface area contributed by atoms with Gasteiger partial charge in [-0.3, -0.25) is 9.69 Å². The Labute approximate surface area is 101 Å². The molecule has 5 heteroatoms. The number of rotatable bonds is 3. The second-order valence-corrected chi connectivity index (χ2v) is 4.50. The third-order valence-electron chi connectivity index (χ3n) is 3.14. The van der Waals surface area contributed by atoms with Crippen LogP contribution in [0.5, 0.6) is 0 Å². The van der Waals surface area contributed by atoms with Crippen molar-refractivity contribution in [3.05, 3.63) is 24.2 Å². The van der Waals surface area contributed by atoms with Crippen molar-refractivity contribution in [2.75, 3.05) is 13.1 Å². The quantitative estimate of drug-likeness (QED) is 0.794. The Balaban J connectivity index is 2.09. The molecule has 1 aromatic rings. The molecule has 0 bridgehead atoms.